The van der Waals surface area contributed by atoms with Gasteiger partial charge in [-0.1, -0.05) is 74.0 Å². The van der Waals surface area contributed by atoms with Crippen LogP contribution in [0.25, 0.3) is 5.76 Å². The third kappa shape index (κ3) is 4.44. The molecule has 0 aliphatic carbocycles. The van der Waals surface area contributed by atoms with E-state index in [0.717, 1.165) is 0 Å². The fourth-order valence-corrected chi connectivity index (χ4v) is 4.21. The van der Waals surface area contributed by atoms with Gasteiger partial charge in [0.15, 0.2) is 0 Å². The molecule has 1 amide bonds. The molecule has 1 atom stereocenters. The topological polar surface area (TPSA) is 66.8 Å². The number of ether oxygens (including phenoxy) is 1. The van der Waals surface area contributed by atoms with Gasteiger partial charge < -0.3 is 9.84 Å². The Bertz CT molecular complexity index is 1270. The minimum absolute atomic E-state index is 0.0246. The first-order valence-corrected chi connectivity index (χ1v) is 11.5. The molecule has 34 heavy (non-hydrogen) atoms. The maximum absolute atomic E-state index is 13.3. The maximum atomic E-state index is 13.3. The van der Waals surface area contributed by atoms with E-state index in [1.807, 2.05) is 44.2 Å². The molecule has 6 heteroatoms. The minimum atomic E-state index is -0.807. The molecule has 0 bridgehead atoms. The number of carbonyl (C=O) groups excluding carboxylic acids is 2. The lowest BCUT2D eigenvalue weighted by Crippen LogP contribution is -2.30. The van der Waals surface area contributed by atoms with Crippen LogP contribution in [-0.4, -0.2) is 23.4 Å². The normalized spacial score (nSPS) is 17.4. The van der Waals surface area contributed by atoms with Crippen LogP contribution in [0.1, 0.15) is 36.6 Å². The Labute approximate surface area is 204 Å². The van der Waals surface area contributed by atoms with Gasteiger partial charge in [0.25, 0.3) is 11.7 Å². The van der Waals surface area contributed by atoms with Gasteiger partial charge in [-0.15, -0.1) is 0 Å². The van der Waals surface area contributed by atoms with Gasteiger partial charge in [0.1, 0.15) is 11.5 Å². The zero-order valence-electron chi connectivity index (χ0n) is 19.3. The number of rotatable bonds is 6. The molecule has 0 radical (unpaired) electrons. The third-order valence-corrected chi connectivity index (χ3v) is 6.16. The van der Waals surface area contributed by atoms with E-state index >= 15 is 0 Å². The summed E-state index contributed by atoms with van der Waals surface area (Å²) < 4.78 is 5.79. The summed E-state index contributed by atoms with van der Waals surface area (Å²) in [4.78, 5) is 28.0. The van der Waals surface area contributed by atoms with Crippen LogP contribution in [0.3, 0.4) is 0 Å². The molecule has 1 aliphatic rings. The van der Waals surface area contributed by atoms with Crippen LogP contribution in [0.4, 0.5) is 5.69 Å². The van der Waals surface area contributed by atoms with Crippen LogP contribution in [0.15, 0.2) is 78.4 Å². The zero-order valence-corrected chi connectivity index (χ0v) is 20.0. The maximum Gasteiger partial charge on any atom is 0.300 e. The first-order valence-electron chi connectivity index (χ1n) is 11.1. The largest absolute Gasteiger partial charge is 0.507 e. The first-order chi connectivity index (χ1) is 16.3. The summed E-state index contributed by atoms with van der Waals surface area (Å²) in [5.74, 6) is -0.799. The van der Waals surface area contributed by atoms with E-state index in [1.165, 1.54) is 4.90 Å². The van der Waals surface area contributed by atoms with Crippen molar-refractivity contribution in [1.82, 2.24) is 0 Å². The Morgan fingerprint density at radius 1 is 1.03 bits per heavy atom. The molecule has 4 rings (SSSR count). The number of ketones is 1. The van der Waals surface area contributed by atoms with Gasteiger partial charge in [-0.2, -0.15) is 0 Å². The second-order valence-corrected chi connectivity index (χ2v) is 9.10. The highest BCUT2D eigenvalue weighted by Crippen LogP contribution is 2.44. The molecule has 1 fully saturated rings. The standard InChI is InChI=1S/C28H26ClNO4/c1-17(2)16-34-21-12-7-11-20(15-21)26(31)24-25(19-9-5-4-6-10-19)30(28(33)27(24)32)23-14-8-13-22(29)18(23)3/h4-15,17,25,31H,16H2,1-3H3/b26-24+. The van der Waals surface area contributed by atoms with E-state index in [-0.39, 0.29) is 11.3 Å². The highest BCUT2D eigenvalue weighted by Gasteiger charge is 2.47. The van der Waals surface area contributed by atoms with Crippen molar-refractivity contribution in [3.63, 3.8) is 0 Å². The van der Waals surface area contributed by atoms with Crippen LogP contribution in [0.2, 0.25) is 5.02 Å². The fraction of sp³-hybridized carbons (Fsp3) is 0.214. The Morgan fingerprint density at radius 3 is 2.44 bits per heavy atom. The highest BCUT2D eigenvalue weighted by atomic mass is 35.5. The van der Waals surface area contributed by atoms with Crippen molar-refractivity contribution in [3.8, 4) is 5.75 Å². The molecule has 0 saturated carbocycles. The lowest BCUT2D eigenvalue weighted by atomic mass is 9.95. The first kappa shape index (κ1) is 23.6. The number of aliphatic hydroxyl groups excluding tert-OH is 1. The Kier molecular flexibility index (Phi) is 6.75. The lowest BCUT2D eigenvalue weighted by molar-refractivity contribution is -0.132. The predicted molar refractivity (Wildman–Crippen MR) is 134 cm³/mol. The summed E-state index contributed by atoms with van der Waals surface area (Å²) in [7, 11) is 0. The molecule has 1 N–H and O–H groups in total. The van der Waals surface area contributed by atoms with Crippen molar-refractivity contribution >= 4 is 34.7 Å². The summed E-state index contributed by atoms with van der Waals surface area (Å²) in [5.41, 5.74) is 2.34. The molecular formula is C28H26ClNO4. The molecule has 174 valence electrons. The average molecular weight is 476 g/mol. The van der Waals surface area contributed by atoms with Gasteiger partial charge in [0.2, 0.25) is 0 Å². The number of aliphatic hydroxyl groups is 1. The van der Waals surface area contributed by atoms with E-state index in [4.69, 9.17) is 16.3 Å². The molecule has 5 nitrogen and oxygen atoms in total. The van der Waals surface area contributed by atoms with Crippen molar-refractivity contribution in [2.45, 2.75) is 26.8 Å². The molecule has 1 unspecified atom stereocenters. The van der Waals surface area contributed by atoms with Gasteiger partial charge in [0.05, 0.1) is 18.2 Å². The van der Waals surface area contributed by atoms with Crippen molar-refractivity contribution < 1.29 is 19.4 Å². The molecule has 0 aromatic heterocycles. The predicted octanol–water partition coefficient (Wildman–Crippen LogP) is 6.31. The van der Waals surface area contributed by atoms with Crippen molar-refractivity contribution in [1.29, 1.82) is 0 Å². The lowest BCUT2D eigenvalue weighted by Gasteiger charge is -2.27. The molecule has 1 aliphatic heterocycles. The number of halogens is 1. The average Bonchev–Trinajstić information content (AvgIpc) is 3.10. The number of hydrogen-bond acceptors (Lipinski definition) is 4. The number of anilines is 1. The molecule has 3 aromatic carbocycles. The second-order valence-electron chi connectivity index (χ2n) is 8.70. The van der Waals surface area contributed by atoms with Gasteiger partial charge in [0, 0.05) is 16.3 Å². The zero-order chi connectivity index (χ0) is 24.4. The second kappa shape index (κ2) is 9.74. The number of hydrogen-bond donors (Lipinski definition) is 1. The van der Waals surface area contributed by atoms with Crippen LogP contribution < -0.4 is 9.64 Å². The Balaban J connectivity index is 1.88. The van der Waals surface area contributed by atoms with Crippen LogP contribution >= 0.6 is 11.6 Å². The van der Waals surface area contributed by atoms with Gasteiger partial charge >= 0.3 is 0 Å². The van der Waals surface area contributed by atoms with Crippen LogP contribution in [0.5, 0.6) is 5.75 Å². The SMILES string of the molecule is Cc1c(Cl)cccc1N1C(=O)C(=O)/C(=C(/O)c2cccc(OCC(C)C)c2)C1c1ccccc1. The number of carbonyl (C=O) groups is 2. The van der Waals surface area contributed by atoms with Crippen molar-refractivity contribution in [2.24, 2.45) is 5.92 Å². The quantitative estimate of drug-likeness (QED) is 0.258. The monoisotopic (exact) mass is 475 g/mol. The molecule has 1 saturated heterocycles. The van der Waals surface area contributed by atoms with Crippen molar-refractivity contribution in [3.05, 3.63) is 100 Å². The van der Waals surface area contributed by atoms with Crippen LogP contribution in [0, 0.1) is 12.8 Å². The fourth-order valence-electron chi connectivity index (χ4n) is 4.04. The van der Waals surface area contributed by atoms with E-state index in [1.54, 1.807) is 49.4 Å². The van der Waals surface area contributed by atoms with Gasteiger partial charge in [-0.25, -0.2) is 0 Å². The summed E-state index contributed by atoms with van der Waals surface area (Å²) in [6, 6.07) is 20.5. The number of Topliss-reactive ketones (excluding diaryl/α,β-unsaturated/α-hetero) is 1. The van der Waals surface area contributed by atoms with E-state index in [9.17, 15) is 14.7 Å². The van der Waals surface area contributed by atoms with E-state index < -0.39 is 17.7 Å². The minimum Gasteiger partial charge on any atom is -0.507 e. The van der Waals surface area contributed by atoms with E-state index in [0.29, 0.717) is 45.7 Å². The molecule has 3 aromatic rings. The molecular weight excluding hydrogens is 450 g/mol. The van der Waals surface area contributed by atoms with E-state index in [2.05, 4.69) is 0 Å². The number of benzene rings is 3. The highest BCUT2D eigenvalue weighted by molar-refractivity contribution is 6.52. The van der Waals surface area contributed by atoms with Crippen molar-refractivity contribution in [2.75, 3.05) is 11.5 Å². The summed E-state index contributed by atoms with van der Waals surface area (Å²) >= 11 is 6.34. The summed E-state index contributed by atoms with van der Waals surface area (Å²) in [5, 5.41) is 11.8. The third-order valence-electron chi connectivity index (χ3n) is 5.75. The Hall–Kier alpha value is -3.57. The Morgan fingerprint density at radius 2 is 1.74 bits per heavy atom. The molecule has 0 spiro atoms. The molecule has 1 heterocycles. The summed E-state index contributed by atoms with van der Waals surface area (Å²) in [6.07, 6.45) is 0. The van der Waals surface area contributed by atoms with Gasteiger partial charge in [-0.3, -0.25) is 14.5 Å². The van der Waals surface area contributed by atoms with Crippen LogP contribution in [-0.2, 0) is 9.59 Å². The summed E-state index contributed by atoms with van der Waals surface area (Å²) in [6.45, 7) is 6.41. The number of amides is 1. The van der Waals surface area contributed by atoms with Gasteiger partial charge in [-0.05, 0) is 48.2 Å². The smallest absolute Gasteiger partial charge is 0.300 e. The number of nitrogens with zero attached hydrogens (tertiary/aromatic N) is 1.